The average Bonchev–Trinajstić information content (AvgIpc) is 3.36. The first-order chi connectivity index (χ1) is 12.6. The van der Waals surface area contributed by atoms with Crippen LogP contribution in [0.3, 0.4) is 0 Å². The topological polar surface area (TPSA) is 40.9 Å². The number of carbonyl (C=O) groups is 1. The first kappa shape index (κ1) is 28.5. The van der Waals surface area contributed by atoms with Crippen molar-refractivity contribution in [3.63, 3.8) is 0 Å². The van der Waals surface area contributed by atoms with Crippen LogP contribution in [0.2, 0.25) is 13.1 Å². The molecule has 152 valence electrons. The molecule has 5 rings (SSSR count). The van der Waals surface area contributed by atoms with Crippen LogP contribution in [0.5, 0.6) is 0 Å². The van der Waals surface area contributed by atoms with Crippen LogP contribution in [-0.4, -0.2) is 15.4 Å². The molecule has 2 bridgehead atoms. The van der Waals surface area contributed by atoms with Gasteiger partial charge in [-0.2, -0.15) is 0 Å². The monoisotopic (exact) mass is 521 g/mol. The molecule has 0 aliphatic heterocycles. The Morgan fingerprint density at radius 1 is 0.931 bits per heavy atom. The summed E-state index contributed by atoms with van der Waals surface area (Å²) in [6.07, 6.45) is 4.77. The molecule has 0 saturated heterocycles. The minimum absolute atomic E-state index is 0. The third kappa shape index (κ3) is 6.99. The molecule has 29 heavy (non-hydrogen) atoms. The predicted molar refractivity (Wildman–Crippen MR) is 113 cm³/mol. The van der Waals surface area contributed by atoms with Crippen molar-refractivity contribution in [3.8, 4) is 0 Å². The van der Waals surface area contributed by atoms with Gasteiger partial charge in [0.2, 0.25) is 0 Å². The molecule has 0 heterocycles. The Morgan fingerprint density at radius 2 is 1.41 bits per heavy atom. The van der Waals surface area contributed by atoms with Gasteiger partial charge in [0.25, 0.3) is 0 Å². The minimum atomic E-state index is -0.313. The first-order valence-electron chi connectivity index (χ1n) is 9.51. The van der Waals surface area contributed by atoms with Gasteiger partial charge in [-0.05, 0) is 31.1 Å². The maximum absolute atomic E-state index is 10.7. The van der Waals surface area contributed by atoms with Crippen molar-refractivity contribution in [2.45, 2.75) is 38.8 Å². The van der Waals surface area contributed by atoms with E-state index in [2.05, 4.69) is 67.7 Å². The number of nitrogens with one attached hydrogen (secondary N) is 1. The Balaban J connectivity index is 0.000000446. The fourth-order valence-corrected chi connectivity index (χ4v) is 4.47. The SMILES string of the molecule is C[Si]C.[Cl-].[Cl-].[NH-]C(=O)C1CC2CCC1C2.[Zr+4].c1ccc2c(c1)[cH-]c1ccccc12. The molecule has 1 amide bonds. The van der Waals surface area contributed by atoms with E-state index in [9.17, 15) is 4.79 Å². The summed E-state index contributed by atoms with van der Waals surface area (Å²) in [4.78, 5) is 10.7. The fourth-order valence-electron chi connectivity index (χ4n) is 4.47. The van der Waals surface area contributed by atoms with Crippen LogP contribution in [0, 0.1) is 17.8 Å². The molecule has 1 N–H and O–H groups in total. The van der Waals surface area contributed by atoms with Gasteiger partial charge in [0, 0.05) is 15.4 Å². The molecule has 3 aromatic rings. The zero-order valence-corrected chi connectivity index (χ0v) is 21.9. The molecule has 2 radical (unpaired) electrons. The fraction of sp³-hybridized carbons (Fsp3) is 0.391. The maximum atomic E-state index is 10.7. The Kier molecular flexibility index (Phi) is 13.4. The number of benzene rings is 2. The second-order valence-electron chi connectivity index (χ2n) is 7.46. The number of rotatable bonds is 1. The van der Waals surface area contributed by atoms with Crippen molar-refractivity contribution in [3.05, 3.63) is 60.3 Å². The Morgan fingerprint density at radius 3 is 1.76 bits per heavy atom. The predicted octanol–water partition coefficient (Wildman–Crippen LogP) is 0.506. The maximum Gasteiger partial charge on any atom is 4.00 e. The van der Waals surface area contributed by atoms with Gasteiger partial charge < -0.3 is 35.3 Å². The Bertz CT molecular complexity index is 835. The van der Waals surface area contributed by atoms with E-state index in [0.717, 1.165) is 21.9 Å². The van der Waals surface area contributed by atoms with E-state index in [0.29, 0.717) is 5.92 Å². The van der Waals surface area contributed by atoms with Crippen molar-refractivity contribution < 1.29 is 55.8 Å². The van der Waals surface area contributed by atoms with Gasteiger partial charge in [0.15, 0.2) is 0 Å². The summed E-state index contributed by atoms with van der Waals surface area (Å²) in [6, 6.07) is 19.3. The molecular formula is C23H27Cl2NOSiZr. The molecule has 0 spiro atoms. The van der Waals surface area contributed by atoms with Crippen LogP contribution in [0.4, 0.5) is 0 Å². The van der Waals surface area contributed by atoms with Crippen molar-refractivity contribution in [2.75, 3.05) is 0 Å². The minimum Gasteiger partial charge on any atom is -1.00 e. The van der Waals surface area contributed by atoms with E-state index < -0.39 is 0 Å². The largest absolute Gasteiger partial charge is 4.00 e. The quantitative estimate of drug-likeness (QED) is 0.339. The summed E-state index contributed by atoms with van der Waals surface area (Å²) in [6.45, 7) is 4.31. The molecule has 0 aromatic heterocycles. The molecule has 2 aliphatic rings. The van der Waals surface area contributed by atoms with Crippen LogP contribution < -0.4 is 24.8 Å². The first-order valence-corrected chi connectivity index (χ1v) is 11.5. The van der Waals surface area contributed by atoms with Gasteiger partial charge in [-0.25, -0.2) is 0 Å². The van der Waals surface area contributed by atoms with Gasteiger partial charge in [0.1, 0.15) is 0 Å². The second kappa shape index (κ2) is 13.7. The van der Waals surface area contributed by atoms with E-state index in [1.165, 1.54) is 40.8 Å². The van der Waals surface area contributed by atoms with E-state index in [-0.39, 0.29) is 62.8 Å². The third-order valence-electron chi connectivity index (χ3n) is 5.60. The molecule has 3 aromatic carbocycles. The molecule has 2 nitrogen and oxygen atoms in total. The van der Waals surface area contributed by atoms with Crippen LogP contribution in [0.1, 0.15) is 25.7 Å². The summed E-state index contributed by atoms with van der Waals surface area (Å²) in [5.74, 6) is 1.20. The van der Waals surface area contributed by atoms with Gasteiger partial charge in [0.05, 0.1) is 5.91 Å². The molecule has 3 unspecified atom stereocenters. The van der Waals surface area contributed by atoms with Gasteiger partial charge in [-0.1, -0.05) is 55.9 Å². The zero-order valence-electron chi connectivity index (χ0n) is 16.9. The smallest absolute Gasteiger partial charge is 1.00 e. The van der Waals surface area contributed by atoms with Crippen LogP contribution in [0.25, 0.3) is 27.3 Å². The summed E-state index contributed by atoms with van der Waals surface area (Å²) in [5.41, 5.74) is 6.99. The zero-order chi connectivity index (χ0) is 18.5. The van der Waals surface area contributed by atoms with Gasteiger partial charge in [-0.15, -0.1) is 39.7 Å². The van der Waals surface area contributed by atoms with E-state index >= 15 is 0 Å². The molecule has 3 atom stereocenters. The summed E-state index contributed by atoms with van der Waals surface area (Å²) >= 11 is 0. The number of amides is 1. The third-order valence-corrected chi connectivity index (χ3v) is 5.60. The van der Waals surface area contributed by atoms with E-state index in [4.69, 9.17) is 5.73 Å². The molecule has 2 saturated carbocycles. The summed E-state index contributed by atoms with van der Waals surface area (Å²) in [7, 11) is 1.08. The standard InChI is InChI=1S/C13H9.C8H13NO.C2H6Si.2ClH.Zr/c1-3-7-12-10(5-1)9-11-6-2-4-8-13(11)12;9-8(10)7-4-5-1-2-6(7)3-5;1-3-2;;;/h1-9H;5-7H,1-4H2,(H2,9,10);1-2H3;2*1H;/q-1;;;;;+4/p-3. The number of hydrogen-bond acceptors (Lipinski definition) is 1. The van der Waals surface area contributed by atoms with E-state index in [1.807, 2.05) is 0 Å². The van der Waals surface area contributed by atoms with Gasteiger partial charge >= 0.3 is 26.2 Å². The van der Waals surface area contributed by atoms with Crippen molar-refractivity contribution in [1.29, 1.82) is 0 Å². The number of halogens is 2. The number of hydrogen-bond donors (Lipinski definition) is 0. The Hall–Kier alpha value is -0.540. The molecular weight excluding hydrogens is 496 g/mol. The summed E-state index contributed by atoms with van der Waals surface area (Å²) in [5, 5.41) is 5.39. The van der Waals surface area contributed by atoms with Crippen molar-refractivity contribution in [2.24, 2.45) is 17.8 Å². The van der Waals surface area contributed by atoms with Gasteiger partial charge in [-0.3, -0.25) is 0 Å². The average molecular weight is 524 g/mol. The van der Waals surface area contributed by atoms with Crippen molar-refractivity contribution in [1.82, 2.24) is 0 Å². The van der Waals surface area contributed by atoms with Crippen LogP contribution in [-0.2, 0) is 31.0 Å². The molecule has 6 heteroatoms. The normalized spacial score (nSPS) is 20.8. The number of carbonyl (C=O) groups excluding carboxylic acids is 1. The molecule has 2 aliphatic carbocycles. The van der Waals surface area contributed by atoms with Crippen LogP contribution in [0.15, 0.2) is 54.6 Å². The summed E-state index contributed by atoms with van der Waals surface area (Å²) < 4.78 is 0. The van der Waals surface area contributed by atoms with E-state index in [1.54, 1.807) is 0 Å². The second-order valence-corrected chi connectivity index (χ2v) is 8.46. The Labute approximate surface area is 208 Å². The van der Waals surface area contributed by atoms with Crippen LogP contribution >= 0.6 is 0 Å². The molecule has 2 fully saturated rings. The number of fused-ring (bicyclic) bond motifs is 5. The van der Waals surface area contributed by atoms with Crippen molar-refractivity contribution >= 4 is 37.0 Å².